The highest BCUT2D eigenvalue weighted by molar-refractivity contribution is 6.42. The Labute approximate surface area is 124 Å². The molecule has 0 spiro atoms. The van der Waals surface area contributed by atoms with Gasteiger partial charge < -0.3 is 10.5 Å². The van der Waals surface area contributed by atoms with Crippen LogP contribution in [-0.4, -0.2) is 0 Å². The predicted molar refractivity (Wildman–Crippen MR) is 77.4 cm³/mol. The molecule has 0 unspecified atom stereocenters. The quantitative estimate of drug-likeness (QED) is 0.722. The summed E-state index contributed by atoms with van der Waals surface area (Å²) in [4.78, 5) is 0. The van der Waals surface area contributed by atoms with Crippen molar-refractivity contribution in [1.82, 2.24) is 0 Å². The SMILES string of the molecule is Nc1cc(Cl)c(Oc2ccc(Cl)c(Cl)c2)c(Cl)c1. The molecule has 0 aliphatic heterocycles. The molecule has 0 saturated carbocycles. The van der Waals surface area contributed by atoms with E-state index in [1.165, 1.54) is 0 Å². The molecule has 2 nitrogen and oxygen atoms in total. The monoisotopic (exact) mass is 321 g/mol. The summed E-state index contributed by atoms with van der Waals surface area (Å²) >= 11 is 23.7. The lowest BCUT2D eigenvalue weighted by atomic mass is 10.3. The van der Waals surface area contributed by atoms with Crippen molar-refractivity contribution in [2.45, 2.75) is 0 Å². The predicted octanol–water partition coefficient (Wildman–Crippen LogP) is 5.67. The zero-order chi connectivity index (χ0) is 13.3. The van der Waals surface area contributed by atoms with Gasteiger partial charge in [0.25, 0.3) is 0 Å². The summed E-state index contributed by atoms with van der Waals surface area (Å²) in [5.41, 5.74) is 6.07. The molecule has 2 N–H and O–H groups in total. The minimum atomic E-state index is 0.325. The van der Waals surface area contributed by atoms with Gasteiger partial charge in [0.2, 0.25) is 0 Å². The van der Waals surface area contributed by atoms with Crippen molar-refractivity contribution < 1.29 is 4.74 Å². The Morgan fingerprint density at radius 3 is 1.94 bits per heavy atom. The number of hydrogen-bond donors (Lipinski definition) is 1. The van der Waals surface area contributed by atoms with Gasteiger partial charge in [-0.15, -0.1) is 0 Å². The molecule has 2 aromatic rings. The second-order valence-corrected chi connectivity index (χ2v) is 5.12. The Morgan fingerprint density at radius 2 is 1.39 bits per heavy atom. The van der Waals surface area contributed by atoms with Gasteiger partial charge in [0.1, 0.15) is 5.75 Å². The summed E-state index contributed by atoms with van der Waals surface area (Å²) in [6, 6.07) is 7.98. The highest BCUT2D eigenvalue weighted by Crippen LogP contribution is 2.39. The van der Waals surface area contributed by atoms with Crippen LogP contribution in [0.15, 0.2) is 30.3 Å². The van der Waals surface area contributed by atoms with E-state index in [0.29, 0.717) is 37.3 Å². The van der Waals surface area contributed by atoms with Crippen molar-refractivity contribution >= 4 is 52.1 Å². The van der Waals surface area contributed by atoms with Crippen LogP contribution < -0.4 is 10.5 Å². The van der Waals surface area contributed by atoms with E-state index in [4.69, 9.17) is 56.9 Å². The zero-order valence-electron chi connectivity index (χ0n) is 8.88. The van der Waals surface area contributed by atoms with Crippen molar-refractivity contribution in [2.75, 3.05) is 5.73 Å². The highest BCUT2D eigenvalue weighted by Gasteiger charge is 2.10. The topological polar surface area (TPSA) is 35.2 Å². The number of benzene rings is 2. The number of nitrogen functional groups attached to an aromatic ring is 1. The molecule has 0 saturated heterocycles. The molecule has 0 atom stereocenters. The first-order valence-corrected chi connectivity index (χ1v) is 6.36. The molecule has 18 heavy (non-hydrogen) atoms. The lowest BCUT2D eigenvalue weighted by molar-refractivity contribution is 0.483. The molecule has 0 heterocycles. The van der Waals surface area contributed by atoms with E-state index in [1.54, 1.807) is 30.3 Å². The van der Waals surface area contributed by atoms with Crippen LogP contribution in [0.4, 0.5) is 5.69 Å². The molecule has 0 radical (unpaired) electrons. The standard InChI is InChI=1S/C12H7Cl4NO/c13-8-2-1-7(5-9(8)14)18-12-10(15)3-6(17)4-11(12)16/h1-5H,17H2. The molecule has 0 bridgehead atoms. The number of anilines is 1. The summed E-state index contributed by atoms with van der Waals surface area (Å²) in [5, 5.41) is 1.48. The third-order valence-electron chi connectivity index (χ3n) is 2.13. The summed E-state index contributed by atoms with van der Waals surface area (Å²) < 4.78 is 5.57. The maximum atomic E-state index is 6.01. The van der Waals surface area contributed by atoms with Crippen LogP contribution in [0.5, 0.6) is 11.5 Å². The lowest BCUT2D eigenvalue weighted by Gasteiger charge is -2.10. The summed E-state index contributed by atoms with van der Waals surface area (Å²) in [7, 11) is 0. The molecule has 94 valence electrons. The number of nitrogens with two attached hydrogens (primary N) is 1. The minimum Gasteiger partial charge on any atom is -0.454 e. The maximum absolute atomic E-state index is 6.01. The normalized spacial score (nSPS) is 10.4. The maximum Gasteiger partial charge on any atom is 0.164 e. The molecule has 2 rings (SSSR count). The molecular formula is C12H7Cl4NO. The average molecular weight is 323 g/mol. The first-order valence-electron chi connectivity index (χ1n) is 4.85. The van der Waals surface area contributed by atoms with Gasteiger partial charge in [0, 0.05) is 11.8 Å². The van der Waals surface area contributed by atoms with Crippen LogP contribution in [0.2, 0.25) is 20.1 Å². The Kier molecular flexibility index (Phi) is 4.13. The fourth-order valence-corrected chi connectivity index (χ4v) is 2.20. The number of halogens is 4. The molecular weight excluding hydrogens is 316 g/mol. The largest absolute Gasteiger partial charge is 0.454 e. The van der Waals surface area contributed by atoms with Crippen LogP contribution >= 0.6 is 46.4 Å². The van der Waals surface area contributed by atoms with Crippen molar-refractivity contribution in [3.8, 4) is 11.5 Å². The van der Waals surface area contributed by atoms with Crippen LogP contribution in [0, 0.1) is 0 Å². The first kappa shape index (κ1) is 13.6. The third-order valence-corrected chi connectivity index (χ3v) is 3.43. The van der Waals surface area contributed by atoms with Gasteiger partial charge in [-0.3, -0.25) is 0 Å². The van der Waals surface area contributed by atoms with Gasteiger partial charge in [0.15, 0.2) is 5.75 Å². The molecule has 2 aromatic carbocycles. The molecule has 6 heteroatoms. The Bertz CT molecular complexity index is 578. The van der Waals surface area contributed by atoms with Gasteiger partial charge in [0.05, 0.1) is 20.1 Å². The second kappa shape index (κ2) is 5.45. The van der Waals surface area contributed by atoms with E-state index in [2.05, 4.69) is 0 Å². The van der Waals surface area contributed by atoms with E-state index in [9.17, 15) is 0 Å². The van der Waals surface area contributed by atoms with Crippen LogP contribution in [0.3, 0.4) is 0 Å². The van der Waals surface area contributed by atoms with Crippen molar-refractivity contribution in [3.63, 3.8) is 0 Å². The summed E-state index contributed by atoms with van der Waals surface area (Å²) in [5.74, 6) is 0.809. The van der Waals surface area contributed by atoms with Crippen LogP contribution in [-0.2, 0) is 0 Å². The van der Waals surface area contributed by atoms with E-state index in [0.717, 1.165) is 0 Å². The second-order valence-electron chi connectivity index (χ2n) is 3.49. The minimum absolute atomic E-state index is 0.325. The van der Waals surface area contributed by atoms with E-state index in [1.807, 2.05) is 0 Å². The van der Waals surface area contributed by atoms with Gasteiger partial charge >= 0.3 is 0 Å². The third kappa shape index (κ3) is 2.96. The average Bonchev–Trinajstić information content (AvgIpc) is 2.28. The van der Waals surface area contributed by atoms with Crippen molar-refractivity contribution in [2.24, 2.45) is 0 Å². The summed E-state index contributed by atoms with van der Waals surface area (Å²) in [6.45, 7) is 0. The van der Waals surface area contributed by atoms with Gasteiger partial charge in [-0.2, -0.15) is 0 Å². The van der Waals surface area contributed by atoms with E-state index >= 15 is 0 Å². The van der Waals surface area contributed by atoms with Gasteiger partial charge in [-0.25, -0.2) is 0 Å². The first-order chi connectivity index (χ1) is 8.47. The molecule has 0 aliphatic carbocycles. The molecule has 0 fully saturated rings. The fraction of sp³-hybridized carbons (Fsp3) is 0. The Morgan fingerprint density at radius 1 is 0.778 bits per heavy atom. The van der Waals surface area contributed by atoms with Gasteiger partial charge in [-0.05, 0) is 24.3 Å². The Hall–Kier alpha value is -0.800. The number of ether oxygens (including phenoxy) is 1. The molecule has 0 aliphatic rings. The number of rotatable bonds is 2. The van der Waals surface area contributed by atoms with Crippen molar-refractivity contribution in [3.05, 3.63) is 50.4 Å². The van der Waals surface area contributed by atoms with E-state index < -0.39 is 0 Å². The Balaban J connectivity index is 2.37. The van der Waals surface area contributed by atoms with E-state index in [-0.39, 0.29) is 0 Å². The lowest BCUT2D eigenvalue weighted by Crippen LogP contribution is -1.90. The number of hydrogen-bond acceptors (Lipinski definition) is 2. The smallest absolute Gasteiger partial charge is 0.164 e. The van der Waals surface area contributed by atoms with Crippen LogP contribution in [0.1, 0.15) is 0 Å². The zero-order valence-corrected chi connectivity index (χ0v) is 11.9. The van der Waals surface area contributed by atoms with Crippen LogP contribution in [0.25, 0.3) is 0 Å². The molecule has 0 amide bonds. The summed E-state index contributed by atoms with van der Waals surface area (Å²) in [6.07, 6.45) is 0. The van der Waals surface area contributed by atoms with Crippen molar-refractivity contribution in [1.29, 1.82) is 0 Å². The fourth-order valence-electron chi connectivity index (χ4n) is 1.34. The molecule has 0 aromatic heterocycles. The van der Waals surface area contributed by atoms with Gasteiger partial charge in [-0.1, -0.05) is 46.4 Å². The highest BCUT2D eigenvalue weighted by atomic mass is 35.5.